The Bertz CT molecular complexity index is 781. The van der Waals surface area contributed by atoms with Gasteiger partial charge in [0.2, 0.25) is 0 Å². The molecule has 2 aromatic carbocycles. The number of carbonyl (C=O) groups is 2. The normalized spacial score (nSPS) is 13.9. The van der Waals surface area contributed by atoms with E-state index in [1.165, 1.54) is 24.9 Å². The lowest BCUT2D eigenvalue weighted by atomic mass is 10.1. The van der Waals surface area contributed by atoms with Crippen LogP contribution in [-0.2, 0) is 6.54 Å². The van der Waals surface area contributed by atoms with E-state index in [2.05, 4.69) is 34.5 Å². The Kier molecular flexibility index (Phi) is 5.96. The van der Waals surface area contributed by atoms with Crippen LogP contribution in [0.15, 0.2) is 48.5 Å². The lowest BCUT2D eigenvalue weighted by molar-refractivity contribution is 0.0785. The second-order valence-electron chi connectivity index (χ2n) is 6.94. The molecule has 3 rings (SSSR count). The minimum atomic E-state index is -0.626. The fourth-order valence-electron chi connectivity index (χ4n) is 3.37. The summed E-state index contributed by atoms with van der Waals surface area (Å²) in [5, 5.41) is 2.48. The van der Waals surface area contributed by atoms with Crippen molar-refractivity contribution in [3.63, 3.8) is 0 Å². The Morgan fingerprint density at radius 2 is 1.63 bits per heavy atom. The highest BCUT2D eigenvalue weighted by molar-refractivity contribution is 5.95. The van der Waals surface area contributed by atoms with Gasteiger partial charge in [-0.25, -0.2) is 4.79 Å². The molecular formula is C21H26N4O2. The van der Waals surface area contributed by atoms with Crippen LogP contribution in [0, 0.1) is 0 Å². The van der Waals surface area contributed by atoms with Crippen LogP contribution in [0.25, 0.3) is 0 Å². The summed E-state index contributed by atoms with van der Waals surface area (Å²) in [6, 6.07) is 14.5. The quantitative estimate of drug-likeness (QED) is 0.851. The predicted molar refractivity (Wildman–Crippen MR) is 108 cm³/mol. The number of urea groups is 1. The number of rotatable bonds is 5. The maximum atomic E-state index is 12.6. The minimum absolute atomic E-state index is 0.0688. The number of amides is 3. The van der Waals surface area contributed by atoms with Crippen LogP contribution in [0.4, 0.5) is 16.2 Å². The van der Waals surface area contributed by atoms with Gasteiger partial charge in [0.1, 0.15) is 0 Å². The predicted octanol–water partition coefficient (Wildman–Crippen LogP) is 3.44. The molecule has 6 nitrogen and oxygen atoms in total. The van der Waals surface area contributed by atoms with Gasteiger partial charge in [0.25, 0.3) is 5.91 Å². The highest BCUT2D eigenvalue weighted by atomic mass is 16.2. The molecule has 2 aromatic rings. The molecule has 1 saturated heterocycles. The molecule has 1 aliphatic heterocycles. The van der Waals surface area contributed by atoms with E-state index in [-0.39, 0.29) is 5.91 Å². The first kappa shape index (κ1) is 18.8. The maximum absolute atomic E-state index is 12.6. The van der Waals surface area contributed by atoms with Gasteiger partial charge < -0.3 is 20.9 Å². The summed E-state index contributed by atoms with van der Waals surface area (Å²) >= 11 is 0. The van der Waals surface area contributed by atoms with E-state index in [0.29, 0.717) is 17.8 Å². The average molecular weight is 366 g/mol. The number of nitrogens with two attached hydrogens (primary N) is 1. The summed E-state index contributed by atoms with van der Waals surface area (Å²) in [5.41, 5.74) is 8.57. The Hall–Kier alpha value is -3.02. The fourth-order valence-corrected chi connectivity index (χ4v) is 3.37. The Morgan fingerprint density at radius 1 is 1.00 bits per heavy atom. The molecule has 0 bridgehead atoms. The molecule has 0 aliphatic carbocycles. The van der Waals surface area contributed by atoms with Crippen LogP contribution >= 0.6 is 0 Å². The van der Waals surface area contributed by atoms with Crippen molar-refractivity contribution in [2.45, 2.75) is 25.8 Å². The monoisotopic (exact) mass is 366 g/mol. The summed E-state index contributed by atoms with van der Waals surface area (Å²) < 4.78 is 0. The number of primary amides is 1. The topological polar surface area (TPSA) is 78.7 Å². The van der Waals surface area contributed by atoms with Crippen LogP contribution in [0.1, 0.15) is 35.2 Å². The third-order valence-corrected chi connectivity index (χ3v) is 4.82. The molecule has 0 spiro atoms. The van der Waals surface area contributed by atoms with Gasteiger partial charge in [-0.1, -0.05) is 12.1 Å². The van der Waals surface area contributed by atoms with Crippen LogP contribution < -0.4 is 16.0 Å². The molecule has 0 unspecified atom stereocenters. The molecule has 0 radical (unpaired) electrons. The first-order chi connectivity index (χ1) is 13.0. The zero-order valence-electron chi connectivity index (χ0n) is 15.6. The van der Waals surface area contributed by atoms with Crippen molar-refractivity contribution in [2.24, 2.45) is 5.73 Å². The lowest BCUT2D eigenvalue weighted by Crippen LogP contribution is -2.29. The van der Waals surface area contributed by atoms with E-state index < -0.39 is 6.03 Å². The molecule has 1 fully saturated rings. The lowest BCUT2D eigenvalue weighted by Gasteiger charge is -2.29. The third-order valence-electron chi connectivity index (χ3n) is 4.82. The second kappa shape index (κ2) is 8.58. The maximum Gasteiger partial charge on any atom is 0.316 e. The van der Waals surface area contributed by atoms with Crippen molar-refractivity contribution in [1.82, 2.24) is 4.90 Å². The van der Waals surface area contributed by atoms with E-state index in [9.17, 15) is 9.59 Å². The van der Waals surface area contributed by atoms with Gasteiger partial charge in [0, 0.05) is 43.6 Å². The molecule has 0 saturated carbocycles. The van der Waals surface area contributed by atoms with Gasteiger partial charge in [0.05, 0.1) is 0 Å². The number of anilines is 2. The molecule has 3 amide bonds. The summed E-state index contributed by atoms with van der Waals surface area (Å²) in [4.78, 5) is 27.6. The first-order valence-electron chi connectivity index (χ1n) is 9.29. The van der Waals surface area contributed by atoms with Crippen LogP contribution in [0.5, 0.6) is 0 Å². The Balaban J connectivity index is 1.59. The Morgan fingerprint density at radius 3 is 2.22 bits per heavy atom. The molecule has 0 aromatic heterocycles. The number of carbonyl (C=O) groups excluding carboxylic acids is 2. The van der Waals surface area contributed by atoms with Crippen molar-refractivity contribution in [3.05, 3.63) is 59.7 Å². The van der Waals surface area contributed by atoms with E-state index in [0.717, 1.165) is 18.7 Å². The molecule has 142 valence electrons. The molecule has 0 atom stereocenters. The summed E-state index contributed by atoms with van der Waals surface area (Å²) in [7, 11) is 1.79. The standard InChI is InChI=1S/C21H26N4O2/c1-24(20(26)17-7-9-18(10-8-17)23-21(22)27)15-16-5-11-19(12-6-16)25-13-3-2-4-14-25/h5-12H,2-4,13-15H2,1H3,(H3,22,23,27). The molecule has 27 heavy (non-hydrogen) atoms. The van der Waals surface area contributed by atoms with Crippen molar-refractivity contribution in [1.29, 1.82) is 0 Å². The van der Waals surface area contributed by atoms with Gasteiger partial charge in [-0.15, -0.1) is 0 Å². The van der Waals surface area contributed by atoms with Crippen molar-refractivity contribution in [3.8, 4) is 0 Å². The SMILES string of the molecule is CN(Cc1ccc(N2CCCCC2)cc1)C(=O)c1ccc(NC(N)=O)cc1. The number of piperidine rings is 1. The highest BCUT2D eigenvalue weighted by Crippen LogP contribution is 2.21. The molecule has 6 heteroatoms. The molecule has 1 heterocycles. The van der Waals surface area contributed by atoms with Gasteiger partial charge in [0.15, 0.2) is 0 Å². The summed E-state index contributed by atoms with van der Waals surface area (Å²) in [5.74, 6) is -0.0688. The zero-order chi connectivity index (χ0) is 19.2. The van der Waals surface area contributed by atoms with E-state index in [1.807, 2.05) is 0 Å². The molecule has 3 N–H and O–H groups in total. The minimum Gasteiger partial charge on any atom is -0.372 e. The summed E-state index contributed by atoms with van der Waals surface area (Å²) in [6.45, 7) is 2.79. The smallest absolute Gasteiger partial charge is 0.316 e. The zero-order valence-corrected chi connectivity index (χ0v) is 15.6. The fraction of sp³-hybridized carbons (Fsp3) is 0.333. The van der Waals surface area contributed by atoms with Crippen LogP contribution in [-0.4, -0.2) is 37.0 Å². The van der Waals surface area contributed by atoms with Gasteiger partial charge >= 0.3 is 6.03 Å². The molecular weight excluding hydrogens is 340 g/mol. The highest BCUT2D eigenvalue weighted by Gasteiger charge is 2.14. The number of nitrogens with one attached hydrogen (secondary N) is 1. The van der Waals surface area contributed by atoms with Crippen molar-refractivity contribution < 1.29 is 9.59 Å². The van der Waals surface area contributed by atoms with Crippen LogP contribution in [0.2, 0.25) is 0 Å². The third kappa shape index (κ3) is 5.00. The van der Waals surface area contributed by atoms with Crippen molar-refractivity contribution in [2.75, 3.05) is 30.4 Å². The van der Waals surface area contributed by atoms with Gasteiger partial charge in [-0.05, 0) is 61.2 Å². The average Bonchev–Trinajstić information content (AvgIpc) is 2.69. The largest absolute Gasteiger partial charge is 0.372 e. The number of benzene rings is 2. The van der Waals surface area contributed by atoms with E-state index in [4.69, 9.17) is 5.73 Å². The van der Waals surface area contributed by atoms with Crippen molar-refractivity contribution >= 4 is 23.3 Å². The van der Waals surface area contributed by atoms with E-state index >= 15 is 0 Å². The number of hydrogen-bond donors (Lipinski definition) is 2. The second-order valence-corrected chi connectivity index (χ2v) is 6.94. The number of hydrogen-bond acceptors (Lipinski definition) is 3. The van der Waals surface area contributed by atoms with E-state index in [1.54, 1.807) is 36.2 Å². The number of nitrogens with zero attached hydrogens (tertiary/aromatic N) is 2. The molecule has 1 aliphatic rings. The first-order valence-corrected chi connectivity index (χ1v) is 9.29. The van der Waals surface area contributed by atoms with Gasteiger partial charge in [-0.3, -0.25) is 4.79 Å². The van der Waals surface area contributed by atoms with Gasteiger partial charge in [-0.2, -0.15) is 0 Å². The van der Waals surface area contributed by atoms with Crippen LogP contribution in [0.3, 0.4) is 0 Å². The Labute approximate surface area is 159 Å². The summed E-state index contributed by atoms with van der Waals surface area (Å²) in [6.07, 6.45) is 3.83.